The van der Waals surface area contributed by atoms with Gasteiger partial charge >= 0.3 is 5.97 Å². The molecule has 0 fully saturated rings. The zero-order valence-electron chi connectivity index (χ0n) is 10.6. The van der Waals surface area contributed by atoms with Crippen LogP contribution >= 0.6 is 0 Å². The summed E-state index contributed by atoms with van der Waals surface area (Å²) >= 11 is 0. The van der Waals surface area contributed by atoms with Gasteiger partial charge in [-0.05, 0) is 12.1 Å². The van der Waals surface area contributed by atoms with Crippen LogP contribution in [0.2, 0.25) is 0 Å². The lowest BCUT2D eigenvalue weighted by Crippen LogP contribution is -2.06. The summed E-state index contributed by atoms with van der Waals surface area (Å²) in [6.45, 7) is 0. The molecule has 0 spiro atoms. The smallest absolute Gasteiger partial charge is 0.360 e. The van der Waals surface area contributed by atoms with E-state index in [1.807, 2.05) is 24.3 Å². The van der Waals surface area contributed by atoms with E-state index in [0.29, 0.717) is 5.82 Å². The molecule has 7 nitrogen and oxygen atoms in total. The number of methoxy groups -OCH3 is 1. The van der Waals surface area contributed by atoms with Crippen LogP contribution in [0.25, 0.3) is 16.9 Å². The van der Waals surface area contributed by atoms with Crippen LogP contribution in [-0.2, 0) is 4.74 Å². The van der Waals surface area contributed by atoms with E-state index in [1.165, 1.54) is 18.0 Å². The van der Waals surface area contributed by atoms with Crippen molar-refractivity contribution in [3.8, 4) is 5.82 Å². The number of aromatic nitrogens is 4. The summed E-state index contributed by atoms with van der Waals surface area (Å²) < 4.78 is 6.01. The Morgan fingerprint density at radius 2 is 2.05 bits per heavy atom. The minimum atomic E-state index is -0.588. The quantitative estimate of drug-likeness (QED) is 0.702. The second-order valence-electron chi connectivity index (χ2n) is 4.09. The van der Waals surface area contributed by atoms with E-state index in [4.69, 9.17) is 5.73 Å². The number of nitrogen functional groups attached to an aromatic ring is 1. The monoisotopic (exact) mass is 269 g/mol. The molecule has 0 unspecified atom stereocenters. The Kier molecular flexibility index (Phi) is 2.79. The predicted molar refractivity (Wildman–Crippen MR) is 72.4 cm³/mol. The summed E-state index contributed by atoms with van der Waals surface area (Å²) in [6.07, 6.45) is 3.07. The third-order valence-electron chi connectivity index (χ3n) is 2.79. The average molecular weight is 269 g/mol. The molecule has 0 amide bonds. The Bertz CT molecular complexity index is 796. The molecule has 0 aliphatic carbocycles. The molecular formula is C13H11N5O2. The van der Waals surface area contributed by atoms with Crippen molar-refractivity contribution in [2.45, 2.75) is 0 Å². The first-order chi connectivity index (χ1) is 9.69. The van der Waals surface area contributed by atoms with Crippen LogP contribution in [0.1, 0.15) is 10.5 Å². The minimum Gasteiger partial charge on any atom is -0.464 e. The topological polar surface area (TPSA) is 95.9 Å². The van der Waals surface area contributed by atoms with Crippen molar-refractivity contribution in [1.29, 1.82) is 0 Å². The van der Waals surface area contributed by atoms with Gasteiger partial charge < -0.3 is 10.5 Å². The number of esters is 1. The number of rotatable bonds is 2. The SMILES string of the molecule is COC(=O)c1nn(-c2cnc3ccccc3n2)cc1N. The highest BCUT2D eigenvalue weighted by Gasteiger charge is 2.16. The number of nitrogens with two attached hydrogens (primary N) is 1. The number of nitrogens with zero attached hydrogens (tertiary/aromatic N) is 4. The third-order valence-corrected chi connectivity index (χ3v) is 2.79. The lowest BCUT2D eigenvalue weighted by atomic mass is 10.3. The van der Waals surface area contributed by atoms with E-state index in [-0.39, 0.29) is 11.4 Å². The fourth-order valence-electron chi connectivity index (χ4n) is 1.82. The minimum absolute atomic E-state index is 0.0578. The van der Waals surface area contributed by atoms with Gasteiger partial charge in [0.2, 0.25) is 0 Å². The molecule has 0 aliphatic heterocycles. The van der Waals surface area contributed by atoms with E-state index in [9.17, 15) is 4.79 Å². The molecule has 0 radical (unpaired) electrons. The van der Waals surface area contributed by atoms with Crippen LogP contribution in [0.4, 0.5) is 5.69 Å². The number of ether oxygens (including phenoxy) is 1. The molecule has 100 valence electrons. The molecule has 0 aliphatic rings. The molecule has 2 N–H and O–H groups in total. The van der Waals surface area contributed by atoms with E-state index in [0.717, 1.165) is 11.0 Å². The van der Waals surface area contributed by atoms with Gasteiger partial charge in [0.1, 0.15) is 0 Å². The summed E-state index contributed by atoms with van der Waals surface area (Å²) in [4.78, 5) is 20.2. The van der Waals surface area contributed by atoms with Crippen molar-refractivity contribution < 1.29 is 9.53 Å². The van der Waals surface area contributed by atoms with Gasteiger partial charge in [-0.25, -0.2) is 14.5 Å². The largest absolute Gasteiger partial charge is 0.464 e. The molecule has 0 saturated heterocycles. The van der Waals surface area contributed by atoms with Crippen LogP contribution in [0.15, 0.2) is 36.7 Å². The summed E-state index contributed by atoms with van der Waals surface area (Å²) in [6, 6.07) is 7.47. The Labute approximate surface area is 114 Å². The molecule has 0 saturated carbocycles. The maximum atomic E-state index is 11.5. The van der Waals surface area contributed by atoms with Crippen molar-refractivity contribution in [2.24, 2.45) is 0 Å². The van der Waals surface area contributed by atoms with Crippen molar-refractivity contribution in [3.05, 3.63) is 42.4 Å². The highest BCUT2D eigenvalue weighted by atomic mass is 16.5. The summed E-state index contributed by atoms with van der Waals surface area (Å²) in [5.74, 6) is -0.111. The molecule has 20 heavy (non-hydrogen) atoms. The van der Waals surface area contributed by atoms with Gasteiger partial charge in [-0.15, -0.1) is 0 Å². The number of hydrogen-bond acceptors (Lipinski definition) is 6. The number of para-hydroxylation sites is 2. The highest BCUT2D eigenvalue weighted by molar-refractivity contribution is 5.92. The van der Waals surface area contributed by atoms with Crippen LogP contribution in [0, 0.1) is 0 Å². The maximum Gasteiger partial charge on any atom is 0.360 e. The second kappa shape index (κ2) is 4.61. The fourth-order valence-corrected chi connectivity index (χ4v) is 1.82. The molecule has 2 aromatic heterocycles. The normalized spacial score (nSPS) is 10.7. The van der Waals surface area contributed by atoms with Gasteiger partial charge in [0.05, 0.1) is 36.2 Å². The van der Waals surface area contributed by atoms with E-state index in [2.05, 4.69) is 19.8 Å². The van der Waals surface area contributed by atoms with Gasteiger partial charge in [-0.1, -0.05) is 12.1 Å². The molecular weight excluding hydrogens is 258 g/mol. The number of anilines is 1. The van der Waals surface area contributed by atoms with Crippen LogP contribution in [-0.4, -0.2) is 32.8 Å². The van der Waals surface area contributed by atoms with Crippen LogP contribution < -0.4 is 5.73 Å². The molecule has 2 heterocycles. The third kappa shape index (κ3) is 1.95. The molecule has 0 atom stereocenters. The summed E-state index contributed by atoms with van der Waals surface area (Å²) in [5.41, 5.74) is 7.54. The average Bonchev–Trinajstić information content (AvgIpc) is 2.88. The molecule has 3 rings (SSSR count). The molecule has 3 aromatic rings. The lowest BCUT2D eigenvalue weighted by molar-refractivity contribution is 0.0594. The first kappa shape index (κ1) is 12.1. The van der Waals surface area contributed by atoms with Crippen molar-refractivity contribution >= 4 is 22.7 Å². The Morgan fingerprint density at radius 1 is 1.30 bits per heavy atom. The number of fused-ring (bicyclic) bond motifs is 1. The van der Waals surface area contributed by atoms with Crippen LogP contribution in [0.3, 0.4) is 0 Å². The van der Waals surface area contributed by atoms with E-state index >= 15 is 0 Å². The van der Waals surface area contributed by atoms with Crippen molar-refractivity contribution in [3.63, 3.8) is 0 Å². The molecule has 0 bridgehead atoms. The second-order valence-corrected chi connectivity index (χ2v) is 4.09. The van der Waals surface area contributed by atoms with Crippen LogP contribution in [0.5, 0.6) is 0 Å². The van der Waals surface area contributed by atoms with Gasteiger partial charge in [-0.2, -0.15) is 5.10 Å². The first-order valence-electron chi connectivity index (χ1n) is 5.84. The maximum absolute atomic E-state index is 11.5. The number of carbonyl (C=O) groups is 1. The Balaban J connectivity index is 2.09. The van der Waals surface area contributed by atoms with E-state index in [1.54, 1.807) is 6.20 Å². The fraction of sp³-hybridized carbons (Fsp3) is 0.0769. The van der Waals surface area contributed by atoms with Crippen molar-refractivity contribution in [2.75, 3.05) is 12.8 Å². The van der Waals surface area contributed by atoms with Gasteiger partial charge in [0, 0.05) is 0 Å². The molecule has 7 heteroatoms. The van der Waals surface area contributed by atoms with Gasteiger partial charge in [0.25, 0.3) is 0 Å². The summed E-state index contributed by atoms with van der Waals surface area (Å²) in [5, 5.41) is 4.07. The number of hydrogen-bond donors (Lipinski definition) is 1. The number of carbonyl (C=O) groups excluding carboxylic acids is 1. The van der Waals surface area contributed by atoms with E-state index < -0.39 is 5.97 Å². The van der Waals surface area contributed by atoms with Gasteiger partial charge in [0.15, 0.2) is 11.5 Å². The van der Waals surface area contributed by atoms with Crippen molar-refractivity contribution in [1.82, 2.24) is 19.7 Å². The Morgan fingerprint density at radius 3 is 2.80 bits per heavy atom. The zero-order valence-corrected chi connectivity index (χ0v) is 10.6. The lowest BCUT2D eigenvalue weighted by Gasteiger charge is -2.01. The highest BCUT2D eigenvalue weighted by Crippen LogP contribution is 2.15. The Hall–Kier alpha value is -2.96. The standard InChI is InChI=1S/C13H11N5O2/c1-20-13(19)12-8(14)7-18(17-12)11-6-15-9-4-2-3-5-10(9)16-11/h2-7H,14H2,1H3. The molecule has 1 aromatic carbocycles. The first-order valence-corrected chi connectivity index (χ1v) is 5.84. The zero-order chi connectivity index (χ0) is 14.1. The predicted octanol–water partition coefficient (Wildman–Crippen LogP) is 1.18. The summed E-state index contributed by atoms with van der Waals surface area (Å²) in [7, 11) is 1.27. The van der Waals surface area contributed by atoms with Gasteiger partial charge in [-0.3, -0.25) is 4.98 Å². The number of benzene rings is 1.